The number of hydrogen-bond donors (Lipinski definition) is 0. The minimum Gasteiger partial charge on any atom is -0.418 e. The molecule has 0 saturated carbocycles. The number of benzene rings is 15. The molecule has 0 aliphatic heterocycles. The first-order valence-corrected chi connectivity index (χ1v) is 44.0. The quantitative estimate of drug-likeness (QED) is 0.0654. The van der Waals surface area contributed by atoms with E-state index in [1.54, 1.807) is 0 Å². The van der Waals surface area contributed by atoms with Crippen molar-refractivity contribution in [2.75, 3.05) is 0 Å². The number of halogens is 16. The topological polar surface area (TPSA) is 15.5 Å². The Hall–Kier alpha value is -13.9. The standard InChI is InChI=1S/C33H34N.C30H28N.C28H24N.C20H16N.CH4.4BF4/c1-21-13-15-27-29(19-21)34(26-11-9-8-10-12-26)30-20-25(33(5,6)7)14-16-28(30)32(27)31-23(3)17-22(2)18-24(31)4;1-19-11-13-27-25(17-19)30(29-22(4)15-21(3)16-23(29)5)26-18-20(2)12-14-28(26)31(27)24-9-7-6-8-10-24;1-19-17-20(2)27(21(3)18-19)28-23-13-7-9-15-25(23)29(22-11-5-4-6-12-22)26-16-10-8-14-24(26)28;1-15-17-11-5-7-13-19(17)21(16-9-3-2-4-10-16)20-14-8-6-12-18(15)20;;4*2-1(3,4)5/h8-20H,1-7H3;6-18H,1-5H3;4-18H,1-3H3;2-14H,1H3;1H4;;;;/q4*+1;;4*-1. The lowest BCUT2D eigenvalue weighted by molar-refractivity contribution is -0.538. The van der Waals surface area contributed by atoms with Crippen LogP contribution in [0.5, 0.6) is 0 Å². The van der Waals surface area contributed by atoms with Crippen LogP contribution in [0.3, 0.4) is 0 Å². The molecule has 19 aromatic rings. The van der Waals surface area contributed by atoms with Gasteiger partial charge in [-0.2, -0.15) is 18.3 Å². The predicted molar refractivity (Wildman–Crippen MR) is 536 cm³/mol. The van der Waals surface area contributed by atoms with E-state index in [0.29, 0.717) is 0 Å². The van der Waals surface area contributed by atoms with E-state index in [4.69, 9.17) is 0 Å². The second kappa shape index (κ2) is 42.8. The highest BCUT2D eigenvalue weighted by atomic mass is 19.5. The summed E-state index contributed by atoms with van der Waals surface area (Å²) in [5.74, 6) is 0. The second-order valence-corrected chi connectivity index (χ2v) is 34.8. The van der Waals surface area contributed by atoms with Gasteiger partial charge in [-0.05, 0) is 211 Å². The van der Waals surface area contributed by atoms with Gasteiger partial charge < -0.3 is 69.1 Å². The first-order valence-electron chi connectivity index (χ1n) is 44.0. The molecule has 136 heavy (non-hydrogen) atoms. The van der Waals surface area contributed by atoms with Crippen molar-refractivity contribution in [1.29, 1.82) is 0 Å². The Labute approximate surface area is 784 Å². The molecule has 0 spiro atoms. The molecular weight excluding hydrogens is 1750 g/mol. The molecule has 4 aromatic heterocycles. The summed E-state index contributed by atoms with van der Waals surface area (Å²) in [6.45, 7) is 35.7. The van der Waals surface area contributed by atoms with Crippen LogP contribution in [-0.2, 0) is 5.41 Å². The van der Waals surface area contributed by atoms with Gasteiger partial charge in [0.25, 0.3) is 0 Å². The van der Waals surface area contributed by atoms with Crippen LogP contribution in [0.25, 0.3) is 143 Å². The van der Waals surface area contributed by atoms with Crippen molar-refractivity contribution in [1.82, 2.24) is 0 Å². The highest BCUT2D eigenvalue weighted by Crippen LogP contribution is 2.44. The van der Waals surface area contributed by atoms with E-state index < -0.39 is 29.0 Å². The van der Waals surface area contributed by atoms with E-state index in [2.05, 4.69) is 457 Å². The smallest absolute Gasteiger partial charge is 0.418 e. The summed E-state index contributed by atoms with van der Waals surface area (Å²) in [5, 5.41) is 10.4. The van der Waals surface area contributed by atoms with Gasteiger partial charge in [0, 0.05) is 114 Å². The molecule has 0 aliphatic carbocycles. The van der Waals surface area contributed by atoms with E-state index in [9.17, 15) is 69.1 Å². The largest absolute Gasteiger partial charge is 0.673 e. The van der Waals surface area contributed by atoms with Crippen molar-refractivity contribution in [3.05, 3.63) is 405 Å². The molecule has 0 amide bonds. The van der Waals surface area contributed by atoms with E-state index in [1.807, 2.05) is 0 Å². The Kier molecular flexibility index (Phi) is 32.3. The average molecular weight is 1860 g/mol. The molecule has 0 radical (unpaired) electrons. The normalized spacial score (nSPS) is 11.5. The number of pyridine rings is 4. The third kappa shape index (κ3) is 25.2. The summed E-state index contributed by atoms with van der Waals surface area (Å²) in [5.41, 5.74) is 41.3. The van der Waals surface area contributed by atoms with Crippen LogP contribution >= 0.6 is 0 Å². The lowest BCUT2D eigenvalue weighted by atomic mass is 9.84. The van der Waals surface area contributed by atoms with Crippen LogP contribution in [0.15, 0.2) is 328 Å². The lowest BCUT2D eigenvalue weighted by Gasteiger charge is -2.21. The van der Waals surface area contributed by atoms with Crippen LogP contribution in [0, 0.1) is 90.0 Å². The number of hydrogen-bond acceptors (Lipinski definition) is 0. The van der Waals surface area contributed by atoms with Crippen molar-refractivity contribution >= 4 is 116 Å². The summed E-state index contributed by atoms with van der Waals surface area (Å²) < 4.78 is 166. The van der Waals surface area contributed by atoms with Crippen molar-refractivity contribution in [2.24, 2.45) is 0 Å². The molecule has 24 heteroatoms. The Bertz CT molecular complexity index is 7220. The van der Waals surface area contributed by atoms with Gasteiger partial charge in [0.1, 0.15) is 0 Å². The van der Waals surface area contributed by atoms with Crippen LogP contribution in [0.2, 0.25) is 0 Å². The first-order chi connectivity index (χ1) is 63.6. The fourth-order valence-corrected chi connectivity index (χ4v) is 18.3. The molecule has 0 fully saturated rings. The molecule has 0 unspecified atom stereocenters. The van der Waals surface area contributed by atoms with Crippen molar-refractivity contribution < 1.29 is 87.3 Å². The number of aryl methyl sites for hydroxylation is 13. The Morgan fingerprint density at radius 1 is 0.184 bits per heavy atom. The number of nitrogens with zero attached hydrogens (tertiary/aromatic N) is 4. The number of para-hydroxylation sites is 8. The van der Waals surface area contributed by atoms with Gasteiger partial charge in [-0.3, -0.25) is 0 Å². The van der Waals surface area contributed by atoms with E-state index >= 15 is 0 Å². The number of rotatable bonds is 7. The van der Waals surface area contributed by atoms with Crippen LogP contribution in [0.1, 0.15) is 106 Å². The molecule has 0 aliphatic rings. The molecule has 15 aromatic carbocycles. The minimum absolute atomic E-state index is 0. The summed E-state index contributed by atoms with van der Waals surface area (Å²) in [4.78, 5) is 0. The Balaban J connectivity index is 0.000000164. The molecule has 4 heterocycles. The number of aromatic nitrogens is 4. The molecule has 0 atom stereocenters. The fraction of sp³-hybridized carbons (Fsp3) is 0.161. The van der Waals surface area contributed by atoms with Crippen LogP contribution < -0.4 is 18.3 Å². The van der Waals surface area contributed by atoms with Crippen molar-refractivity contribution in [2.45, 2.75) is 124 Å². The maximum Gasteiger partial charge on any atom is 0.673 e. The minimum atomic E-state index is -6.00. The zero-order valence-corrected chi connectivity index (χ0v) is 77.8. The molecule has 0 bridgehead atoms. The number of fused-ring (bicyclic) bond motifs is 8. The third-order valence-electron chi connectivity index (χ3n) is 23.1. The van der Waals surface area contributed by atoms with Gasteiger partial charge in [0.15, 0.2) is 0 Å². The van der Waals surface area contributed by atoms with Gasteiger partial charge in [-0.1, -0.05) is 238 Å². The van der Waals surface area contributed by atoms with E-state index in [1.165, 1.54) is 221 Å². The van der Waals surface area contributed by atoms with E-state index in [-0.39, 0.29) is 12.8 Å². The highest BCUT2D eigenvalue weighted by Gasteiger charge is 2.32. The Morgan fingerprint density at radius 3 is 0.676 bits per heavy atom. The molecule has 698 valence electrons. The highest BCUT2D eigenvalue weighted by molar-refractivity contribution is 6.51. The third-order valence-corrected chi connectivity index (χ3v) is 23.1. The molecule has 4 nitrogen and oxygen atoms in total. The molecule has 0 N–H and O–H groups in total. The summed E-state index contributed by atoms with van der Waals surface area (Å²) in [7, 11) is -24.0. The molecule has 19 rings (SSSR count). The molecule has 0 saturated heterocycles. The Morgan fingerprint density at radius 2 is 0.390 bits per heavy atom. The maximum absolute atomic E-state index is 9.75. The SMILES string of the molecule is C.Cc1c2ccccc2[n+](-c2ccccc2)c2ccccc12.Cc1cc(C)c(-c2c3cc(C)ccc3[n+](-c3ccccc3)c3ccc(C)cc23)c(C)c1.Cc1cc(C)c(-c2c3ccc(C)cc3[n+](-c3ccccc3)c3cc(C(C)(C)C)ccc23)c(C)c1.Cc1cc(C)c(-c2c3ccccc3[n+](-c3ccccc3)c3ccccc23)c(C)c1.F[B-](F)(F)F.F[B-](F)(F)F.F[B-](F)(F)F.F[B-](F)(F)F. The molecular formula is C112H106B4F16N4. The van der Waals surface area contributed by atoms with Gasteiger partial charge in [0.2, 0.25) is 66.9 Å². The zero-order chi connectivity index (χ0) is 98.1. The van der Waals surface area contributed by atoms with Gasteiger partial charge in [-0.25, -0.2) is 0 Å². The maximum atomic E-state index is 9.75. The average Bonchev–Trinajstić information content (AvgIpc) is 0.727. The lowest BCUT2D eigenvalue weighted by Crippen LogP contribution is -2.33. The summed E-state index contributed by atoms with van der Waals surface area (Å²) in [6, 6.07) is 119. The van der Waals surface area contributed by atoms with Gasteiger partial charge in [0.05, 0.1) is 43.1 Å². The van der Waals surface area contributed by atoms with Crippen LogP contribution in [0.4, 0.5) is 69.1 Å². The van der Waals surface area contributed by atoms with Gasteiger partial charge in [-0.15, -0.1) is 0 Å². The second-order valence-electron chi connectivity index (χ2n) is 34.8. The fourth-order valence-electron chi connectivity index (χ4n) is 18.3. The monoisotopic (exact) mass is 1850 g/mol. The predicted octanol–water partition coefficient (Wildman–Crippen LogP) is 33.2. The summed E-state index contributed by atoms with van der Waals surface area (Å²) >= 11 is 0. The summed E-state index contributed by atoms with van der Waals surface area (Å²) in [6.07, 6.45) is 0. The van der Waals surface area contributed by atoms with Crippen molar-refractivity contribution in [3.63, 3.8) is 0 Å². The first kappa shape index (κ1) is 103. The van der Waals surface area contributed by atoms with E-state index in [0.717, 1.165) is 0 Å². The van der Waals surface area contributed by atoms with Crippen LogP contribution in [-0.4, -0.2) is 29.0 Å². The van der Waals surface area contributed by atoms with Crippen molar-refractivity contribution in [3.8, 4) is 56.1 Å². The zero-order valence-electron chi connectivity index (χ0n) is 77.8. The van der Waals surface area contributed by atoms with Gasteiger partial charge >= 0.3 is 29.0 Å².